The Morgan fingerprint density at radius 2 is 2.00 bits per heavy atom. The van der Waals surface area contributed by atoms with E-state index in [1.807, 2.05) is 37.5 Å². The van der Waals surface area contributed by atoms with Gasteiger partial charge < -0.3 is 10.1 Å². The molecule has 6 heteroatoms. The fourth-order valence-corrected chi connectivity index (χ4v) is 2.66. The quantitative estimate of drug-likeness (QED) is 0.703. The van der Waals surface area contributed by atoms with Crippen molar-refractivity contribution in [2.45, 2.75) is 11.4 Å². The molecule has 0 saturated carbocycles. The lowest BCUT2D eigenvalue weighted by Gasteiger charge is -2.13. The SMILES string of the molecule is CNCc1cc(-n2ccnn2)ccc1Oc1ccc(SC)cc1. The summed E-state index contributed by atoms with van der Waals surface area (Å²) in [5, 5.41) is 11.0. The van der Waals surface area contributed by atoms with Crippen molar-refractivity contribution in [1.82, 2.24) is 20.3 Å². The highest BCUT2D eigenvalue weighted by Crippen LogP contribution is 2.28. The second kappa shape index (κ2) is 7.30. The summed E-state index contributed by atoms with van der Waals surface area (Å²) >= 11 is 1.71. The molecule has 1 aromatic heterocycles. The first-order valence-electron chi connectivity index (χ1n) is 7.26. The van der Waals surface area contributed by atoms with Crippen molar-refractivity contribution in [2.75, 3.05) is 13.3 Å². The van der Waals surface area contributed by atoms with E-state index < -0.39 is 0 Å². The Labute approximate surface area is 139 Å². The van der Waals surface area contributed by atoms with Crippen LogP contribution < -0.4 is 10.1 Å². The molecule has 0 aliphatic carbocycles. The summed E-state index contributed by atoms with van der Waals surface area (Å²) in [6.07, 6.45) is 5.54. The standard InChI is InChI=1S/C17H18N4OS/c1-18-12-13-11-14(21-10-9-19-20-21)3-8-17(13)22-15-4-6-16(23-2)7-5-15/h3-11,18H,12H2,1-2H3. The van der Waals surface area contributed by atoms with Gasteiger partial charge in [-0.05, 0) is 55.8 Å². The topological polar surface area (TPSA) is 52.0 Å². The lowest BCUT2D eigenvalue weighted by atomic mass is 10.1. The van der Waals surface area contributed by atoms with Crippen LogP contribution in [-0.2, 0) is 6.54 Å². The molecule has 0 aliphatic rings. The molecule has 0 amide bonds. The van der Waals surface area contributed by atoms with Gasteiger partial charge in [0.1, 0.15) is 11.5 Å². The summed E-state index contributed by atoms with van der Waals surface area (Å²) in [7, 11) is 1.92. The molecule has 2 aromatic carbocycles. The van der Waals surface area contributed by atoms with E-state index in [2.05, 4.69) is 40.1 Å². The lowest BCUT2D eigenvalue weighted by molar-refractivity contribution is 0.473. The summed E-state index contributed by atoms with van der Waals surface area (Å²) in [5.74, 6) is 1.66. The molecule has 0 radical (unpaired) electrons. The van der Waals surface area contributed by atoms with Crippen LogP contribution in [0.2, 0.25) is 0 Å². The molecule has 5 nitrogen and oxygen atoms in total. The van der Waals surface area contributed by atoms with Gasteiger partial charge in [-0.25, -0.2) is 4.68 Å². The monoisotopic (exact) mass is 326 g/mol. The van der Waals surface area contributed by atoms with Gasteiger partial charge in [0.2, 0.25) is 0 Å². The minimum Gasteiger partial charge on any atom is -0.457 e. The fraction of sp³-hybridized carbons (Fsp3) is 0.176. The summed E-state index contributed by atoms with van der Waals surface area (Å²) in [6.45, 7) is 0.709. The van der Waals surface area contributed by atoms with Gasteiger partial charge in [0.15, 0.2) is 0 Å². The van der Waals surface area contributed by atoms with Gasteiger partial charge in [0.05, 0.1) is 18.1 Å². The van der Waals surface area contributed by atoms with Crippen LogP contribution in [0.5, 0.6) is 11.5 Å². The molecule has 0 fully saturated rings. The van der Waals surface area contributed by atoms with Crippen LogP contribution in [0.4, 0.5) is 0 Å². The van der Waals surface area contributed by atoms with E-state index >= 15 is 0 Å². The zero-order valence-electron chi connectivity index (χ0n) is 13.1. The number of rotatable bonds is 6. The van der Waals surface area contributed by atoms with E-state index in [-0.39, 0.29) is 0 Å². The first kappa shape index (κ1) is 15.6. The molecule has 0 spiro atoms. The van der Waals surface area contributed by atoms with Crippen LogP contribution in [0, 0.1) is 0 Å². The molecule has 1 heterocycles. The van der Waals surface area contributed by atoms with Crippen molar-refractivity contribution in [2.24, 2.45) is 0 Å². The van der Waals surface area contributed by atoms with Crippen LogP contribution >= 0.6 is 11.8 Å². The highest BCUT2D eigenvalue weighted by Gasteiger charge is 2.08. The largest absolute Gasteiger partial charge is 0.457 e. The summed E-state index contributed by atoms with van der Waals surface area (Å²) in [4.78, 5) is 1.22. The third-order valence-corrected chi connectivity index (χ3v) is 4.13. The Hall–Kier alpha value is -2.31. The normalized spacial score (nSPS) is 10.7. The smallest absolute Gasteiger partial charge is 0.132 e. The Bertz CT molecular complexity index is 757. The van der Waals surface area contributed by atoms with Gasteiger partial charge in [-0.2, -0.15) is 0 Å². The lowest BCUT2D eigenvalue weighted by Crippen LogP contribution is -2.07. The molecule has 0 bridgehead atoms. The minimum absolute atomic E-state index is 0.709. The predicted molar refractivity (Wildman–Crippen MR) is 92.4 cm³/mol. The first-order valence-corrected chi connectivity index (χ1v) is 8.49. The molecule has 0 atom stereocenters. The number of ether oxygens (including phenoxy) is 1. The van der Waals surface area contributed by atoms with E-state index in [9.17, 15) is 0 Å². The van der Waals surface area contributed by atoms with Gasteiger partial charge in [-0.1, -0.05) is 5.21 Å². The second-order valence-electron chi connectivity index (χ2n) is 4.95. The van der Waals surface area contributed by atoms with Crippen molar-refractivity contribution < 1.29 is 4.74 Å². The molecule has 3 rings (SSSR count). The molecule has 0 unspecified atom stereocenters. The third kappa shape index (κ3) is 3.72. The maximum absolute atomic E-state index is 6.04. The number of nitrogens with one attached hydrogen (secondary N) is 1. The molecular formula is C17H18N4OS. The minimum atomic E-state index is 0.709. The fourth-order valence-electron chi connectivity index (χ4n) is 2.25. The van der Waals surface area contributed by atoms with E-state index in [0.717, 1.165) is 22.7 Å². The molecule has 118 valence electrons. The van der Waals surface area contributed by atoms with E-state index in [1.165, 1.54) is 4.90 Å². The molecular weight excluding hydrogens is 308 g/mol. The number of nitrogens with zero attached hydrogens (tertiary/aromatic N) is 3. The summed E-state index contributed by atoms with van der Waals surface area (Å²) in [5.41, 5.74) is 2.02. The average Bonchev–Trinajstić information content (AvgIpc) is 3.12. The van der Waals surface area contributed by atoms with E-state index in [4.69, 9.17) is 4.74 Å². The Balaban J connectivity index is 1.88. The van der Waals surface area contributed by atoms with E-state index in [1.54, 1.807) is 22.6 Å². The summed E-state index contributed by atoms with van der Waals surface area (Å²) in [6, 6.07) is 14.1. The maximum atomic E-state index is 6.04. The van der Waals surface area contributed by atoms with Gasteiger partial charge in [0.25, 0.3) is 0 Å². The van der Waals surface area contributed by atoms with Crippen molar-refractivity contribution in [3.63, 3.8) is 0 Å². The number of benzene rings is 2. The second-order valence-corrected chi connectivity index (χ2v) is 5.83. The molecule has 0 aliphatic heterocycles. The number of aromatic nitrogens is 3. The van der Waals surface area contributed by atoms with Gasteiger partial charge >= 0.3 is 0 Å². The molecule has 3 aromatic rings. The third-order valence-electron chi connectivity index (χ3n) is 3.39. The van der Waals surface area contributed by atoms with Gasteiger partial charge in [-0.3, -0.25) is 0 Å². The Morgan fingerprint density at radius 1 is 1.17 bits per heavy atom. The Morgan fingerprint density at radius 3 is 2.65 bits per heavy atom. The maximum Gasteiger partial charge on any atom is 0.132 e. The number of thioether (sulfide) groups is 1. The average molecular weight is 326 g/mol. The van der Waals surface area contributed by atoms with E-state index in [0.29, 0.717) is 6.54 Å². The van der Waals surface area contributed by atoms with Crippen molar-refractivity contribution in [3.05, 3.63) is 60.4 Å². The van der Waals surface area contributed by atoms with Gasteiger partial charge in [-0.15, -0.1) is 16.9 Å². The van der Waals surface area contributed by atoms with Crippen molar-refractivity contribution in [3.8, 4) is 17.2 Å². The highest BCUT2D eigenvalue weighted by molar-refractivity contribution is 7.98. The van der Waals surface area contributed by atoms with Crippen LogP contribution in [0.1, 0.15) is 5.56 Å². The zero-order valence-corrected chi connectivity index (χ0v) is 13.9. The zero-order chi connectivity index (χ0) is 16.1. The van der Waals surface area contributed by atoms with Crippen LogP contribution in [-0.4, -0.2) is 28.3 Å². The number of hydrogen-bond donors (Lipinski definition) is 1. The predicted octanol–water partition coefficient (Wildman–Crippen LogP) is 3.50. The van der Waals surface area contributed by atoms with Gasteiger partial charge in [0, 0.05) is 17.0 Å². The Kier molecular flexibility index (Phi) is 4.95. The number of hydrogen-bond acceptors (Lipinski definition) is 5. The first-order chi connectivity index (χ1) is 11.3. The van der Waals surface area contributed by atoms with Crippen molar-refractivity contribution >= 4 is 11.8 Å². The molecule has 23 heavy (non-hydrogen) atoms. The highest BCUT2D eigenvalue weighted by atomic mass is 32.2. The molecule has 1 N–H and O–H groups in total. The molecule has 0 saturated heterocycles. The van der Waals surface area contributed by atoms with Crippen LogP contribution in [0.15, 0.2) is 59.8 Å². The van der Waals surface area contributed by atoms with Crippen LogP contribution in [0.3, 0.4) is 0 Å². The van der Waals surface area contributed by atoms with Crippen LogP contribution in [0.25, 0.3) is 5.69 Å². The summed E-state index contributed by atoms with van der Waals surface area (Å²) < 4.78 is 7.77. The van der Waals surface area contributed by atoms with Crippen molar-refractivity contribution in [1.29, 1.82) is 0 Å².